The van der Waals surface area contributed by atoms with Crippen LogP contribution in [0.2, 0.25) is 0 Å². The number of aryl methyl sites for hydroxylation is 2. The lowest BCUT2D eigenvalue weighted by molar-refractivity contribution is 0.904. The number of anilines is 4. The van der Waals surface area contributed by atoms with Crippen molar-refractivity contribution in [2.45, 2.75) is 40.2 Å². The van der Waals surface area contributed by atoms with E-state index in [9.17, 15) is 0 Å². The molecule has 1 aromatic heterocycles. The SMILES string of the molecule is C=C1CC(C)=CC=C1N(c1cccc(C)c1)c1cc2sc3cc(N(c4cccc(C)c4)C4C=CC(C)=CC4=C)c4ccccc4c3c2c2ccccc12. The van der Waals surface area contributed by atoms with Crippen LogP contribution in [0.25, 0.3) is 41.7 Å². The second kappa shape index (κ2) is 12.9. The van der Waals surface area contributed by atoms with Crippen molar-refractivity contribution in [3.63, 3.8) is 0 Å². The molecule has 1 heterocycles. The number of allylic oxidation sites excluding steroid dienone is 6. The molecule has 0 radical (unpaired) electrons. The second-order valence-electron chi connectivity index (χ2n) is 14.7. The minimum absolute atomic E-state index is 0.0133. The highest BCUT2D eigenvalue weighted by atomic mass is 32.1. The number of hydrogen-bond acceptors (Lipinski definition) is 3. The van der Waals surface area contributed by atoms with Gasteiger partial charge in [-0.15, -0.1) is 11.3 Å². The van der Waals surface area contributed by atoms with E-state index in [0.29, 0.717) is 0 Å². The molecule has 0 aliphatic heterocycles. The molecule has 2 aliphatic rings. The van der Waals surface area contributed by atoms with Crippen LogP contribution in [0, 0.1) is 13.8 Å². The molecule has 0 bridgehead atoms. The van der Waals surface area contributed by atoms with Crippen molar-refractivity contribution in [3.05, 3.63) is 192 Å². The Hall–Kier alpha value is -5.90. The molecule has 0 fully saturated rings. The van der Waals surface area contributed by atoms with Crippen molar-refractivity contribution >= 4 is 75.8 Å². The van der Waals surface area contributed by atoms with Crippen LogP contribution >= 0.6 is 11.3 Å². The fourth-order valence-corrected chi connectivity index (χ4v) is 9.55. The Labute approximate surface area is 316 Å². The monoisotopic (exact) mass is 702 g/mol. The number of fused-ring (bicyclic) bond motifs is 7. The molecular weight excluding hydrogens is 661 g/mol. The topological polar surface area (TPSA) is 6.48 Å². The van der Waals surface area contributed by atoms with E-state index >= 15 is 0 Å². The predicted molar refractivity (Wildman–Crippen MR) is 232 cm³/mol. The number of benzene rings is 6. The molecule has 2 nitrogen and oxygen atoms in total. The van der Waals surface area contributed by atoms with Crippen molar-refractivity contribution in [2.75, 3.05) is 9.80 Å². The quantitative estimate of drug-likeness (QED) is 0.170. The van der Waals surface area contributed by atoms with Crippen LogP contribution in [0.3, 0.4) is 0 Å². The zero-order valence-electron chi connectivity index (χ0n) is 30.8. The van der Waals surface area contributed by atoms with Gasteiger partial charge >= 0.3 is 0 Å². The molecule has 53 heavy (non-hydrogen) atoms. The standard InChI is InChI=1S/C50H42N2S/c1-31-13-11-15-37(27-31)51(43-23-21-33(3)25-35(43)5)45-29-47-49(41-19-9-7-17-39(41)45)50-42-20-10-8-18-40(42)46(30-48(50)53-47)52(38-16-12-14-32(2)28-38)44-24-22-34(4)26-36(44)6/h7-25,27-30,43H,5-6,26H2,1-4H3. The summed E-state index contributed by atoms with van der Waals surface area (Å²) in [4.78, 5) is 4.92. The first-order valence-electron chi connectivity index (χ1n) is 18.4. The summed E-state index contributed by atoms with van der Waals surface area (Å²) in [5, 5.41) is 7.60. The van der Waals surface area contributed by atoms with Crippen molar-refractivity contribution in [1.29, 1.82) is 0 Å². The maximum Gasteiger partial charge on any atom is 0.0773 e. The van der Waals surface area contributed by atoms with Crippen LogP contribution in [0.15, 0.2) is 181 Å². The van der Waals surface area contributed by atoms with Crippen LogP contribution in [0.1, 0.15) is 31.4 Å². The van der Waals surface area contributed by atoms with Gasteiger partial charge in [-0.25, -0.2) is 0 Å². The highest BCUT2D eigenvalue weighted by molar-refractivity contribution is 7.26. The van der Waals surface area contributed by atoms with Gasteiger partial charge in [-0.1, -0.05) is 121 Å². The maximum atomic E-state index is 4.59. The van der Waals surface area contributed by atoms with E-state index in [0.717, 1.165) is 34.6 Å². The summed E-state index contributed by atoms with van der Waals surface area (Å²) in [7, 11) is 0. The number of rotatable bonds is 6. The highest BCUT2D eigenvalue weighted by Gasteiger charge is 2.27. The average molecular weight is 703 g/mol. The Morgan fingerprint density at radius 1 is 0.623 bits per heavy atom. The third-order valence-electron chi connectivity index (χ3n) is 10.7. The van der Waals surface area contributed by atoms with Gasteiger partial charge in [0.2, 0.25) is 0 Å². The molecule has 0 saturated carbocycles. The summed E-state index contributed by atoms with van der Waals surface area (Å²) in [6.07, 6.45) is 12.1. The minimum Gasteiger partial charge on any atom is -0.330 e. The third-order valence-corrected chi connectivity index (χ3v) is 11.8. The maximum absolute atomic E-state index is 4.59. The van der Waals surface area contributed by atoms with E-state index < -0.39 is 0 Å². The summed E-state index contributed by atoms with van der Waals surface area (Å²) >= 11 is 1.89. The Morgan fingerprint density at radius 3 is 1.83 bits per heavy atom. The van der Waals surface area contributed by atoms with Gasteiger partial charge in [-0.2, -0.15) is 0 Å². The van der Waals surface area contributed by atoms with E-state index in [1.54, 1.807) is 0 Å². The summed E-state index contributed by atoms with van der Waals surface area (Å²) in [6, 6.07) is 40.4. The Bertz CT molecular complexity index is 2800. The molecule has 7 aromatic rings. The average Bonchev–Trinajstić information content (AvgIpc) is 3.52. The largest absolute Gasteiger partial charge is 0.330 e. The van der Waals surface area contributed by atoms with Gasteiger partial charge in [0, 0.05) is 48.0 Å². The van der Waals surface area contributed by atoms with Crippen molar-refractivity contribution in [2.24, 2.45) is 0 Å². The molecule has 258 valence electrons. The zero-order valence-corrected chi connectivity index (χ0v) is 31.6. The predicted octanol–water partition coefficient (Wildman–Crippen LogP) is 14.5. The van der Waals surface area contributed by atoms with E-state index in [-0.39, 0.29) is 6.04 Å². The van der Waals surface area contributed by atoms with Gasteiger partial charge in [-0.3, -0.25) is 0 Å². The third kappa shape index (κ3) is 5.64. The smallest absolute Gasteiger partial charge is 0.0773 e. The van der Waals surface area contributed by atoms with Gasteiger partial charge in [0.25, 0.3) is 0 Å². The molecule has 2 aliphatic carbocycles. The van der Waals surface area contributed by atoms with Gasteiger partial charge in [0.15, 0.2) is 0 Å². The second-order valence-corrected chi connectivity index (χ2v) is 15.8. The number of nitrogens with zero attached hydrogens (tertiary/aromatic N) is 2. The summed E-state index contributed by atoms with van der Waals surface area (Å²) in [5.41, 5.74) is 13.0. The fourth-order valence-electron chi connectivity index (χ4n) is 8.35. The van der Waals surface area contributed by atoms with E-state index in [1.165, 1.54) is 75.4 Å². The molecule has 9 rings (SSSR count). The van der Waals surface area contributed by atoms with Crippen LogP contribution < -0.4 is 9.80 Å². The summed E-state index contributed by atoms with van der Waals surface area (Å²) in [5.74, 6) is 0. The first-order chi connectivity index (χ1) is 25.7. The van der Waals surface area contributed by atoms with Crippen LogP contribution in [0.4, 0.5) is 22.7 Å². The zero-order chi connectivity index (χ0) is 36.4. The Balaban J connectivity index is 1.35. The Kier molecular flexibility index (Phi) is 8.05. The van der Waals surface area contributed by atoms with Crippen molar-refractivity contribution in [1.82, 2.24) is 0 Å². The fraction of sp³-hybridized carbons (Fsp3) is 0.120. The number of thiophene rings is 1. The minimum atomic E-state index is -0.0133. The van der Waals surface area contributed by atoms with E-state index in [2.05, 4.69) is 190 Å². The summed E-state index contributed by atoms with van der Waals surface area (Å²) < 4.78 is 2.54. The number of hydrogen-bond donors (Lipinski definition) is 0. The highest BCUT2D eigenvalue weighted by Crippen LogP contribution is 2.50. The van der Waals surface area contributed by atoms with Gasteiger partial charge in [0.1, 0.15) is 0 Å². The van der Waals surface area contributed by atoms with E-state index in [4.69, 9.17) is 0 Å². The molecule has 1 unspecified atom stereocenters. The van der Waals surface area contributed by atoms with Crippen molar-refractivity contribution in [3.8, 4) is 0 Å². The molecular formula is C50H42N2S. The molecule has 0 amide bonds. The van der Waals surface area contributed by atoms with Crippen LogP contribution in [0.5, 0.6) is 0 Å². The lowest BCUT2D eigenvalue weighted by Gasteiger charge is -2.35. The molecule has 3 heteroatoms. The van der Waals surface area contributed by atoms with Gasteiger partial charge in [0.05, 0.1) is 17.4 Å². The normalized spacial score (nSPS) is 16.0. The Morgan fingerprint density at radius 2 is 1.21 bits per heavy atom. The van der Waals surface area contributed by atoms with Gasteiger partial charge < -0.3 is 9.80 Å². The molecule has 0 N–H and O–H groups in total. The molecule has 6 aromatic carbocycles. The lowest BCUT2D eigenvalue weighted by Crippen LogP contribution is -2.31. The molecule has 0 spiro atoms. The van der Waals surface area contributed by atoms with Crippen LogP contribution in [-0.4, -0.2) is 6.04 Å². The molecule has 0 saturated heterocycles. The van der Waals surface area contributed by atoms with Crippen molar-refractivity contribution < 1.29 is 0 Å². The van der Waals surface area contributed by atoms with Gasteiger partial charge in [-0.05, 0) is 110 Å². The molecule has 1 atom stereocenters. The van der Waals surface area contributed by atoms with Crippen LogP contribution in [-0.2, 0) is 0 Å². The van der Waals surface area contributed by atoms with E-state index in [1.807, 2.05) is 11.3 Å². The lowest BCUT2D eigenvalue weighted by atomic mass is 9.93. The first-order valence-corrected chi connectivity index (χ1v) is 19.2. The first kappa shape index (κ1) is 33.0. The summed E-state index contributed by atoms with van der Waals surface area (Å²) in [6.45, 7) is 17.8.